The van der Waals surface area contributed by atoms with Crippen LogP contribution in [0, 0.1) is 6.92 Å². The van der Waals surface area contributed by atoms with Gasteiger partial charge in [-0.25, -0.2) is 0 Å². The number of piperazine rings is 1. The van der Waals surface area contributed by atoms with E-state index in [1.807, 2.05) is 39.2 Å². The van der Waals surface area contributed by atoms with Gasteiger partial charge in [-0.3, -0.25) is 14.4 Å². The van der Waals surface area contributed by atoms with Crippen molar-refractivity contribution in [3.8, 4) is 16.9 Å². The lowest BCUT2D eigenvalue weighted by atomic mass is 10.0. The van der Waals surface area contributed by atoms with Crippen LogP contribution in [0.1, 0.15) is 47.3 Å². The van der Waals surface area contributed by atoms with Crippen molar-refractivity contribution in [3.05, 3.63) is 65.5 Å². The minimum absolute atomic E-state index is 0.0665. The van der Waals surface area contributed by atoms with Crippen molar-refractivity contribution in [1.29, 1.82) is 0 Å². The topological polar surface area (TPSA) is 82.9 Å². The molecule has 5 rings (SSSR count). The van der Waals surface area contributed by atoms with Crippen LogP contribution in [0.25, 0.3) is 11.1 Å². The third-order valence-corrected chi connectivity index (χ3v) is 8.56. The molecule has 8 nitrogen and oxygen atoms in total. The number of aliphatic hydroxyl groups excluding tert-OH is 1. The van der Waals surface area contributed by atoms with Crippen molar-refractivity contribution in [2.24, 2.45) is 7.05 Å². The van der Waals surface area contributed by atoms with E-state index >= 15 is 0 Å². The van der Waals surface area contributed by atoms with Gasteiger partial charge in [0, 0.05) is 55.2 Å². The number of benzene rings is 2. The molecule has 2 aliphatic heterocycles. The molecule has 0 spiro atoms. The van der Waals surface area contributed by atoms with Gasteiger partial charge in [-0.2, -0.15) is 5.10 Å². The number of amides is 1. The second-order valence-electron chi connectivity index (χ2n) is 10.4. The van der Waals surface area contributed by atoms with Crippen molar-refractivity contribution in [1.82, 2.24) is 20.0 Å². The fraction of sp³-hybridized carbons (Fsp3) is 0.448. The molecule has 0 radical (unpaired) electrons. The summed E-state index contributed by atoms with van der Waals surface area (Å²) in [5.74, 6) is 0.560. The Morgan fingerprint density at radius 2 is 1.95 bits per heavy atom. The number of alkyl halides is 1. The lowest BCUT2D eigenvalue weighted by Gasteiger charge is -2.41. The van der Waals surface area contributed by atoms with Gasteiger partial charge >= 0.3 is 0 Å². The van der Waals surface area contributed by atoms with Gasteiger partial charge in [-0.15, -0.1) is 0 Å². The Labute approximate surface area is 238 Å². The fourth-order valence-corrected chi connectivity index (χ4v) is 6.78. The van der Waals surface area contributed by atoms with Crippen molar-refractivity contribution >= 4 is 34.2 Å². The Morgan fingerprint density at radius 3 is 2.61 bits per heavy atom. The monoisotopic (exact) mass is 629 g/mol. The molecule has 2 aliphatic rings. The van der Waals surface area contributed by atoms with Gasteiger partial charge in [0.05, 0.1) is 23.4 Å². The van der Waals surface area contributed by atoms with Crippen molar-refractivity contribution < 1.29 is 14.6 Å². The van der Waals surface area contributed by atoms with E-state index in [0.29, 0.717) is 23.4 Å². The molecular formula is C29H36IN5O3. The summed E-state index contributed by atoms with van der Waals surface area (Å²) in [5.41, 5.74) is 5.62. The maximum Gasteiger partial charge on any atom is 0.252 e. The number of aliphatic hydroxyl groups is 1. The highest BCUT2D eigenvalue weighted by Gasteiger charge is 2.39. The summed E-state index contributed by atoms with van der Waals surface area (Å²) >= 11 is 2.48. The SMILES string of the molecule is Cc1ccc(N2C[C@H]3CC[C@@H](C2)N3CI)cc1C(=O)N[C@H](C)c1cc(OCCO)cc(-c2cnn(C)c2)c1. The van der Waals surface area contributed by atoms with Gasteiger partial charge in [0.15, 0.2) is 0 Å². The lowest BCUT2D eigenvalue weighted by molar-refractivity contribution is 0.0939. The molecule has 38 heavy (non-hydrogen) atoms. The summed E-state index contributed by atoms with van der Waals surface area (Å²) in [5, 5.41) is 16.7. The molecule has 202 valence electrons. The summed E-state index contributed by atoms with van der Waals surface area (Å²) < 4.78 is 8.58. The first-order valence-corrected chi connectivity index (χ1v) is 14.7. The number of aromatic nitrogens is 2. The first-order valence-electron chi connectivity index (χ1n) is 13.2. The number of carbonyl (C=O) groups excluding carboxylic acids is 1. The third kappa shape index (κ3) is 5.69. The maximum atomic E-state index is 13.5. The highest BCUT2D eigenvalue weighted by molar-refractivity contribution is 14.1. The van der Waals surface area contributed by atoms with Crippen LogP contribution in [0.15, 0.2) is 48.8 Å². The summed E-state index contributed by atoms with van der Waals surface area (Å²) in [6.45, 7) is 6.14. The molecule has 2 bridgehead atoms. The minimum atomic E-state index is -0.248. The molecule has 3 heterocycles. The van der Waals surface area contributed by atoms with Gasteiger partial charge in [-0.1, -0.05) is 28.7 Å². The number of hydrogen-bond acceptors (Lipinski definition) is 6. The van der Waals surface area contributed by atoms with Gasteiger partial charge in [-0.05, 0) is 73.7 Å². The molecule has 0 unspecified atom stereocenters. The highest BCUT2D eigenvalue weighted by Crippen LogP contribution is 2.34. The van der Waals surface area contributed by atoms with E-state index < -0.39 is 0 Å². The molecule has 2 aromatic carbocycles. The Kier molecular flexibility index (Phi) is 8.25. The molecule has 2 N–H and O–H groups in total. The average molecular weight is 630 g/mol. The molecule has 2 fully saturated rings. The molecular weight excluding hydrogens is 593 g/mol. The van der Waals surface area contributed by atoms with Crippen LogP contribution in [0.2, 0.25) is 0 Å². The molecule has 1 aromatic heterocycles. The number of hydrogen-bond donors (Lipinski definition) is 2. The van der Waals surface area contributed by atoms with Gasteiger partial charge in [0.25, 0.3) is 5.91 Å². The van der Waals surface area contributed by atoms with Gasteiger partial charge in [0.2, 0.25) is 0 Å². The second-order valence-corrected chi connectivity index (χ2v) is 11.1. The molecule has 1 amide bonds. The zero-order chi connectivity index (χ0) is 26.8. The predicted octanol–water partition coefficient (Wildman–Crippen LogP) is 4.30. The smallest absolute Gasteiger partial charge is 0.252 e. The van der Waals surface area contributed by atoms with E-state index in [9.17, 15) is 9.90 Å². The fourth-order valence-electron chi connectivity index (χ4n) is 5.66. The Bertz CT molecular complexity index is 1280. The van der Waals surface area contributed by atoms with E-state index in [0.717, 1.165) is 45.6 Å². The molecule has 9 heteroatoms. The average Bonchev–Trinajstić information content (AvgIpc) is 3.46. The lowest BCUT2D eigenvalue weighted by Crippen LogP contribution is -2.53. The Balaban J connectivity index is 1.35. The van der Waals surface area contributed by atoms with E-state index in [4.69, 9.17) is 4.74 Å². The van der Waals surface area contributed by atoms with Crippen LogP contribution < -0.4 is 15.0 Å². The van der Waals surface area contributed by atoms with E-state index in [2.05, 4.69) is 67.1 Å². The summed E-state index contributed by atoms with van der Waals surface area (Å²) in [6, 6.07) is 13.1. The predicted molar refractivity (Wildman–Crippen MR) is 158 cm³/mol. The molecule has 2 saturated heterocycles. The van der Waals surface area contributed by atoms with Crippen LogP contribution in [-0.4, -0.2) is 68.6 Å². The number of anilines is 1. The van der Waals surface area contributed by atoms with Crippen molar-refractivity contribution in [2.75, 3.05) is 35.8 Å². The van der Waals surface area contributed by atoms with Crippen LogP contribution in [0.3, 0.4) is 0 Å². The number of nitrogens with zero attached hydrogens (tertiary/aromatic N) is 4. The first kappa shape index (κ1) is 27.0. The standard InChI is InChI=1S/C29H36IN5O3/c1-19-4-5-24(34-16-25-6-7-26(17-34)35(25)18-30)13-28(19)29(37)32-20(2)21-10-22(23-14-31-33(3)15-23)12-27(11-21)38-9-8-36/h4-5,10-15,20,25-26,36H,6-9,16-18H2,1-3H3,(H,32,37)/t20-,25-,26+/m1/s1. The molecule has 3 atom stereocenters. The van der Waals surface area contributed by atoms with Crippen LogP contribution in [-0.2, 0) is 7.05 Å². The number of fused-ring (bicyclic) bond motifs is 2. The summed E-state index contributed by atoms with van der Waals surface area (Å²) in [4.78, 5) is 18.6. The van der Waals surface area contributed by atoms with Gasteiger partial charge in [0.1, 0.15) is 12.4 Å². The number of carbonyl (C=O) groups is 1. The zero-order valence-electron chi connectivity index (χ0n) is 22.2. The minimum Gasteiger partial charge on any atom is -0.491 e. The highest BCUT2D eigenvalue weighted by atomic mass is 127. The summed E-state index contributed by atoms with van der Waals surface area (Å²) in [7, 11) is 1.88. The summed E-state index contributed by atoms with van der Waals surface area (Å²) in [6.07, 6.45) is 6.25. The number of aryl methyl sites for hydroxylation is 2. The number of halogens is 1. The molecule has 3 aromatic rings. The van der Waals surface area contributed by atoms with E-state index in [-0.39, 0.29) is 25.2 Å². The Hall–Kier alpha value is -2.63. The maximum absolute atomic E-state index is 13.5. The molecule has 0 aliphatic carbocycles. The van der Waals surface area contributed by atoms with E-state index in [1.54, 1.807) is 10.9 Å². The zero-order valence-corrected chi connectivity index (χ0v) is 24.4. The van der Waals surface area contributed by atoms with Crippen LogP contribution >= 0.6 is 22.6 Å². The number of ether oxygens (including phenoxy) is 1. The largest absolute Gasteiger partial charge is 0.491 e. The number of rotatable bonds is 9. The van der Waals surface area contributed by atoms with Gasteiger partial charge < -0.3 is 20.1 Å². The Morgan fingerprint density at radius 1 is 1.18 bits per heavy atom. The second kappa shape index (κ2) is 11.6. The van der Waals surface area contributed by atoms with Crippen molar-refractivity contribution in [2.45, 2.75) is 44.8 Å². The third-order valence-electron chi connectivity index (χ3n) is 7.78. The molecule has 0 saturated carbocycles. The quantitative estimate of drug-likeness (QED) is 0.209. The number of nitrogens with one attached hydrogen (secondary N) is 1. The van der Waals surface area contributed by atoms with Crippen molar-refractivity contribution in [3.63, 3.8) is 0 Å². The normalized spacial score (nSPS) is 20.0. The van der Waals surface area contributed by atoms with Crippen LogP contribution in [0.4, 0.5) is 5.69 Å². The van der Waals surface area contributed by atoms with Crippen LogP contribution in [0.5, 0.6) is 5.75 Å². The first-order chi connectivity index (χ1) is 18.4. The van der Waals surface area contributed by atoms with E-state index in [1.165, 1.54) is 12.8 Å².